The summed E-state index contributed by atoms with van der Waals surface area (Å²) in [4.78, 5) is 4.27. The Bertz CT molecular complexity index is 509. The molecule has 0 amide bonds. The predicted octanol–water partition coefficient (Wildman–Crippen LogP) is 1.84. The molecule has 4 nitrogen and oxygen atoms in total. The molecular weight excluding hydrogens is 226 g/mol. The van der Waals surface area contributed by atoms with Crippen molar-refractivity contribution in [1.82, 2.24) is 14.7 Å². The molecule has 1 atom stereocenters. The van der Waals surface area contributed by atoms with E-state index in [0.717, 1.165) is 12.2 Å². The standard InChI is InChI=1S/C11H14ClN3O/c1-7(13-2)6-9-14-11(12)10-8(16)4-3-5-15(9)10/h3-5,7,13,16H,6H2,1-2H3. The summed E-state index contributed by atoms with van der Waals surface area (Å²) in [7, 11) is 1.90. The maximum absolute atomic E-state index is 9.70. The second kappa shape index (κ2) is 4.31. The van der Waals surface area contributed by atoms with Gasteiger partial charge in [-0.25, -0.2) is 4.98 Å². The number of hydrogen-bond acceptors (Lipinski definition) is 3. The molecule has 0 saturated carbocycles. The maximum atomic E-state index is 9.70. The molecule has 0 aromatic carbocycles. The quantitative estimate of drug-likeness (QED) is 0.860. The number of aromatic hydroxyl groups is 1. The van der Waals surface area contributed by atoms with Crippen LogP contribution < -0.4 is 5.32 Å². The lowest BCUT2D eigenvalue weighted by atomic mass is 10.2. The first-order chi connectivity index (χ1) is 7.63. The molecule has 0 saturated heterocycles. The Kier molecular flexibility index (Phi) is 3.03. The number of pyridine rings is 1. The van der Waals surface area contributed by atoms with E-state index in [1.165, 1.54) is 0 Å². The Morgan fingerprint density at radius 2 is 2.38 bits per heavy atom. The number of halogens is 1. The van der Waals surface area contributed by atoms with Gasteiger partial charge in [-0.15, -0.1) is 0 Å². The number of rotatable bonds is 3. The summed E-state index contributed by atoms with van der Waals surface area (Å²) >= 11 is 6.00. The van der Waals surface area contributed by atoms with Crippen LogP contribution in [0.5, 0.6) is 5.75 Å². The van der Waals surface area contributed by atoms with Crippen molar-refractivity contribution in [3.05, 3.63) is 29.3 Å². The number of nitrogens with one attached hydrogen (secondary N) is 1. The fraction of sp³-hybridized carbons (Fsp3) is 0.364. The van der Waals surface area contributed by atoms with E-state index in [-0.39, 0.29) is 5.75 Å². The third kappa shape index (κ3) is 1.86. The van der Waals surface area contributed by atoms with Crippen LogP contribution in [0.15, 0.2) is 18.3 Å². The highest BCUT2D eigenvalue weighted by atomic mass is 35.5. The number of likely N-dealkylation sites (N-methyl/N-ethyl adjacent to an activating group) is 1. The summed E-state index contributed by atoms with van der Waals surface area (Å²) in [6.45, 7) is 2.07. The van der Waals surface area contributed by atoms with Crippen LogP contribution in [-0.4, -0.2) is 27.6 Å². The van der Waals surface area contributed by atoms with E-state index in [2.05, 4.69) is 17.2 Å². The van der Waals surface area contributed by atoms with Crippen molar-refractivity contribution in [3.63, 3.8) is 0 Å². The molecule has 2 N–H and O–H groups in total. The van der Waals surface area contributed by atoms with Gasteiger partial charge in [-0.1, -0.05) is 11.6 Å². The summed E-state index contributed by atoms with van der Waals surface area (Å²) in [5.74, 6) is 1.00. The van der Waals surface area contributed by atoms with Gasteiger partial charge >= 0.3 is 0 Å². The van der Waals surface area contributed by atoms with E-state index in [1.807, 2.05) is 17.6 Å². The number of nitrogens with zero attached hydrogens (tertiary/aromatic N) is 2. The smallest absolute Gasteiger partial charge is 0.158 e. The minimum absolute atomic E-state index is 0.156. The van der Waals surface area contributed by atoms with Gasteiger partial charge in [-0.2, -0.15) is 0 Å². The van der Waals surface area contributed by atoms with Crippen molar-refractivity contribution < 1.29 is 5.11 Å². The lowest BCUT2D eigenvalue weighted by molar-refractivity contribution is 0.478. The van der Waals surface area contributed by atoms with Crippen LogP contribution in [0, 0.1) is 0 Å². The first-order valence-electron chi connectivity index (χ1n) is 5.15. The summed E-state index contributed by atoms with van der Waals surface area (Å²) in [6, 6.07) is 3.69. The van der Waals surface area contributed by atoms with Crippen molar-refractivity contribution in [2.75, 3.05) is 7.05 Å². The topological polar surface area (TPSA) is 49.6 Å². The first-order valence-corrected chi connectivity index (χ1v) is 5.53. The molecule has 5 heteroatoms. The second-order valence-corrected chi connectivity index (χ2v) is 4.18. The van der Waals surface area contributed by atoms with Crippen LogP contribution >= 0.6 is 11.6 Å². The van der Waals surface area contributed by atoms with Gasteiger partial charge in [0.15, 0.2) is 5.15 Å². The highest BCUT2D eigenvalue weighted by Gasteiger charge is 2.13. The molecule has 0 aliphatic heterocycles. The number of aromatic nitrogens is 2. The van der Waals surface area contributed by atoms with Crippen LogP contribution in [0.2, 0.25) is 5.15 Å². The zero-order valence-electron chi connectivity index (χ0n) is 9.24. The Morgan fingerprint density at radius 3 is 3.06 bits per heavy atom. The molecule has 0 bridgehead atoms. The molecule has 0 aliphatic rings. The Morgan fingerprint density at radius 1 is 1.62 bits per heavy atom. The molecule has 2 rings (SSSR count). The molecule has 0 aliphatic carbocycles. The van der Waals surface area contributed by atoms with Crippen LogP contribution in [0.1, 0.15) is 12.7 Å². The number of imidazole rings is 1. The van der Waals surface area contributed by atoms with Crippen molar-refractivity contribution >= 4 is 17.1 Å². The highest BCUT2D eigenvalue weighted by Crippen LogP contribution is 2.26. The first kappa shape index (κ1) is 11.2. The molecule has 0 fully saturated rings. The highest BCUT2D eigenvalue weighted by molar-refractivity contribution is 6.33. The average Bonchev–Trinajstić information content (AvgIpc) is 2.57. The fourth-order valence-electron chi connectivity index (χ4n) is 1.66. The number of hydrogen-bond donors (Lipinski definition) is 2. The fourth-order valence-corrected chi connectivity index (χ4v) is 1.94. The zero-order chi connectivity index (χ0) is 11.7. The van der Waals surface area contributed by atoms with E-state index in [9.17, 15) is 5.11 Å². The zero-order valence-corrected chi connectivity index (χ0v) is 9.99. The Hall–Kier alpha value is -1.26. The maximum Gasteiger partial charge on any atom is 0.158 e. The Labute approximate surface area is 98.9 Å². The summed E-state index contributed by atoms with van der Waals surface area (Å²) in [6.07, 6.45) is 2.61. The van der Waals surface area contributed by atoms with Crippen LogP contribution in [0.4, 0.5) is 0 Å². The molecule has 16 heavy (non-hydrogen) atoms. The van der Waals surface area contributed by atoms with Crippen molar-refractivity contribution in [2.45, 2.75) is 19.4 Å². The van der Waals surface area contributed by atoms with E-state index in [4.69, 9.17) is 11.6 Å². The SMILES string of the molecule is CNC(C)Cc1nc(Cl)c2c(O)cccn12. The molecule has 1 unspecified atom stereocenters. The van der Waals surface area contributed by atoms with Gasteiger partial charge in [0.2, 0.25) is 0 Å². The molecule has 86 valence electrons. The normalized spacial score (nSPS) is 13.2. The van der Waals surface area contributed by atoms with Gasteiger partial charge in [0.05, 0.1) is 0 Å². The van der Waals surface area contributed by atoms with E-state index < -0.39 is 0 Å². The average molecular weight is 240 g/mol. The lowest BCUT2D eigenvalue weighted by Gasteiger charge is -2.08. The Balaban J connectivity index is 2.51. The lowest BCUT2D eigenvalue weighted by Crippen LogP contribution is -2.24. The van der Waals surface area contributed by atoms with Crippen LogP contribution in [0.3, 0.4) is 0 Å². The molecule has 2 aromatic heterocycles. The minimum Gasteiger partial charge on any atom is -0.506 e. The van der Waals surface area contributed by atoms with Crippen molar-refractivity contribution in [1.29, 1.82) is 0 Å². The summed E-state index contributed by atoms with van der Waals surface area (Å²) < 4.78 is 1.82. The number of fused-ring (bicyclic) bond motifs is 1. The summed E-state index contributed by atoms with van der Waals surface area (Å²) in [5, 5.41) is 13.2. The molecule has 0 spiro atoms. The van der Waals surface area contributed by atoms with Gasteiger partial charge < -0.3 is 10.4 Å². The largest absolute Gasteiger partial charge is 0.506 e. The van der Waals surface area contributed by atoms with E-state index in [0.29, 0.717) is 16.7 Å². The van der Waals surface area contributed by atoms with Gasteiger partial charge in [-0.3, -0.25) is 4.40 Å². The molecule has 2 aromatic rings. The molecular formula is C11H14ClN3O. The summed E-state index contributed by atoms with van der Waals surface area (Å²) in [5.41, 5.74) is 0.572. The van der Waals surface area contributed by atoms with Crippen LogP contribution in [0.25, 0.3) is 5.52 Å². The van der Waals surface area contributed by atoms with Crippen LogP contribution in [-0.2, 0) is 6.42 Å². The van der Waals surface area contributed by atoms with Gasteiger partial charge in [-0.05, 0) is 26.1 Å². The van der Waals surface area contributed by atoms with Crippen molar-refractivity contribution in [2.24, 2.45) is 0 Å². The third-order valence-corrected chi connectivity index (χ3v) is 2.92. The molecule has 0 radical (unpaired) electrons. The van der Waals surface area contributed by atoms with E-state index in [1.54, 1.807) is 12.1 Å². The predicted molar refractivity (Wildman–Crippen MR) is 64.1 cm³/mol. The minimum atomic E-state index is 0.156. The van der Waals surface area contributed by atoms with Gasteiger partial charge in [0.1, 0.15) is 17.1 Å². The molecule has 2 heterocycles. The second-order valence-electron chi connectivity index (χ2n) is 3.82. The van der Waals surface area contributed by atoms with Crippen molar-refractivity contribution in [3.8, 4) is 5.75 Å². The van der Waals surface area contributed by atoms with E-state index >= 15 is 0 Å². The van der Waals surface area contributed by atoms with Gasteiger partial charge in [0.25, 0.3) is 0 Å². The van der Waals surface area contributed by atoms with Gasteiger partial charge in [0, 0.05) is 18.7 Å². The monoisotopic (exact) mass is 239 g/mol. The third-order valence-electron chi connectivity index (χ3n) is 2.66.